The van der Waals surface area contributed by atoms with E-state index in [-0.39, 0.29) is 0 Å². The van der Waals surface area contributed by atoms with Gasteiger partial charge in [-0.1, -0.05) is 0 Å². The molecule has 2 heterocycles. The van der Waals surface area contributed by atoms with E-state index in [1.54, 1.807) is 0 Å². The first-order chi connectivity index (χ1) is 6.66. The van der Waals surface area contributed by atoms with Gasteiger partial charge in [-0.3, -0.25) is 0 Å². The smallest absolute Gasteiger partial charge is 0.345 e. The molecule has 1 aromatic heterocycles. The molecule has 1 aliphatic rings. The third-order valence-corrected chi connectivity index (χ3v) is 3.66. The number of nitrogens with zero attached hydrogens (tertiary/aromatic N) is 1. The Labute approximate surface area is 87.0 Å². The van der Waals surface area contributed by atoms with Crippen molar-refractivity contribution in [3.05, 3.63) is 21.4 Å². The zero-order valence-corrected chi connectivity index (χ0v) is 8.93. The van der Waals surface area contributed by atoms with E-state index in [0.29, 0.717) is 4.88 Å². The molecule has 1 N–H and O–H groups in total. The lowest BCUT2D eigenvalue weighted by atomic mass is 10.1. The predicted octanol–water partition coefficient (Wildman–Crippen LogP) is 1.82. The highest BCUT2D eigenvalue weighted by Gasteiger charge is 2.17. The van der Waals surface area contributed by atoms with Gasteiger partial charge in [0.15, 0.2) is 0 Å². The second-order valence-electron chi connectivity index (χ2n) is 3.71. The number of carboxylic acids is 1. The molecule has 0 radical (unpaired) electrons. The van der Waals surface area contributed by atoms with Crippen molar-refractivity contribution in [2.45, 2.75) is 19.4 Å². The van der Waals surface area contributed by atoms with Crippen LogP contribution in [0.25, 0.3) is 0 Å². The van der Waals surface area contributed by atoms with Crippen LogP contribution >= 0.6 is 11.3 Å². The molecule has 0 aliphatic carbocycles. The number of thiophene rings is 1. The van der Waals surface area contributed by atoms with Crippen molar-refractivity contribution < 1.29 is 9.90 Å². The number of hydrogen-bond donors (Lipinski definition) is 1. The van der Waals surface area contributed by atoms with Gasteiger partial charge >= 0.3 is 5.97 Å². The Kier molecular flexibility index (Phi) is 2.56. The Morgan fingerprint density at radius 2 is 2.43 bits per heavy atom. The van der Waals surface area contributed by atoms with Gasteiger partial charge in [-0.25, -0.2) is 4.79 Å². The van der Waals surface area contributed by atoms with Gasteiger partial charge < -0.3 is 10.0 Å². The number of rotatable bonds is 1. The van der Waals surface area contributed by atoms with Crippen molar-refractivity contribution >= 4 is 17.3 Å². The molecule has 1 aromatic rings. The van der Waals surface area contributed by atoms with Crippen LogP contribution in [0.3, 0.4) is 0 Å². The molecule has 0 saturated carbocycles. The summed E-state index contributed by atoms with van der Waals surface area (Å²) in [6.45, 7) is 2.00. The molecule has 14 heavy (non-hydrogen) atoms. The van der Waals surface area contributed by atoms with Crippen molar-refractivity contribution in [3.8, 4) is 0 Å². The first kappa shape index (κ1) is 9.68. The summed E-state index contributed by atoms with van der Waals surface area (Å²) in [7, 11) is 2.08. The fraction of sp³-hybridized carbons (Fsp3) is 0.500. The molecule has 0 spiro atoms. The van der Waals surface area contributed by atoms with E-state index in [1.165, 1.54) is 21.8 Å². The summed E-state index contributed by atoms with van der Waals surface area (Å²) in [5.41, 5.74) is 1.23. The van der Waals surface area contributed by atoms with Crippen molar-refractivity contribution in [2.75, 3.05) is 13.6 Å². The van der Waals surface area contributed by atoms with Crippen LogP contribution in [-0.2, 0) is 13.0 Å². The predicted molar refractivity (Wildman–Crippen MR) is 55.9 cm³/mol. The second kappa shape index (κ2) is 3.71. The molecule has 0 saturated heterocycles. The minimum atomic E-state index is -0.800. The van der Waals surface area contributed by atoms with Gasteiger partial charge in [0, 0.05) is 11.4 Å². The molecule has 3 nitrogen and oxygen atoms in total. The number of hydrogen-bond acceptors (Lipinski definition) is 3. The lowest BCUT2D eigenvalue weighted by Gasteiger charge is -2.11. The van der Waals surface area contributed by atoms with E-state index >= 15 is 0 Å². The molecule has 0 aromatic carbocycles. The molecule has 2 rings (SSSR count). The van der Waals surface area contributed by atoms with Gasteiger partial charge in [0.2, 0.25) is 0 Å². The largest absolute Gasteiger partial charge is 0.477 e. The van der Waals surface area contributed by atoms with Crippen LogP contribution in [0.4, 0.5) is 0 Å². The molecule has 1 aliphatic heterocycles. The van der Waals surface area contributed by atoms with Gasteiger partial charge in [-0.15, -0.1) is 11.3 Å². The minimum absolute atomic E-state index is 0.477. The average molecular weight is 211 g/mol. The average Bonchev–Trinajstić information content (AvgIpc) is 2.42. The minimum Gasteiger partial charge on any atom is -0.477 e. The summed E-state index contributed by atoms with van der Waals surface area (Å²) in [5, 5.41) is 8.87. The highest BCUT2D eigenvalue weighted by atomic mass is 32.1. The first-order valence-corrected chi connectivity index (χ1v) is 5.52. The summed E-state index contributed by atoms with van der Waals surface area (Å²) in [6, 6.07) is 1.83. The van der Waals surface area contributed by atoms with Crippen molar-refractivity contribution in [2.24, 2.45) is 0 Å². The van der Waals surface area contributed by atoms with E-state index in [2.05, 4.69) is 11.9 Å². The SMILES string of the molecule is CN1CCCc2cc(C(=O)O)sc2C1. The number of fused-ring (bicyclic) bond motifs is 1. The standard InChI is InChI=1S/C10H13NO2S/c1-11-4-2-3-7-5-8(10(12)13)14-9(7)6-11/h5H,2-4,6H2,1H3,(H,12,13). The molecule has 4 heteroatoms. The topological polar surface area (TPSA) is 40.5 Å². The third kappa shape index (κ3) is 1.81. The maximum atomic E-state index is 10.8. The van der Waals surface area contributed by atoms with Crippen LogP contribution in [0.15, 0.2) is 6.07 Å². The van der Waals surface area contributed by atoms with Crippen LogP contribution in [-0.4, -0.2) is 29.6 Å². The van der Waals surface area contributed by atoms with Crippen LogP contribution in [0.2, 0.25) is 0 Å². The van der Waals surface area contributed by atoms with Crippen LogP contribution in [0.5, 0.6) is 0 Å². The summed E-state index contributed by atoms with van der Waals surface area (Å²) in [4.78, 5) is 14.7. The van der Waals surface area contributed by atoms with Crippen molar-refractivity contribution in [3.63, 3.8) is 0 Å². The summed E-state index contributed by atoms with van der Waals surface area (Å²) < 4.78 is 0. The fourth-order valence-corrected chi connectivity index (χ4v) is 2.91. The van der Waals surface area contributed by atoms with E-state index < -0.39 is 5.97 Å². The third-order valence-electron chi connectivity index (χ3n) is 2.51. The Morgan fingerprint density at radius 3 is 3.14 bits per heavy atom. The second-order valence-corrected chi connectivity index (χ2v) is 4.84. The van der Waals surface area contributed by atoms with Gasteiger partial charge in [0.05, 0.1) is 0 Å². The summed E-state index contributed by atoms with van der Waals surface area (Å²) >= 11 is 1.42. The molecule has 0 fully saturated rings. The van der Waals surface area contributed by atoms with Crippen molar-refractivity contribution in [1.29, 1.82) is 0 Å². The van der Waals surface area contributed by atoms with E-state index in [1.807, 2.05) is 6.07 Å². The number of carbonyl (C=O) groups is 1. The van der Waals surface area contributed by atoms with Gasteiger partial charge in [-0.2, -0.15) is 0 Å². The Hall–Kier alpha value is -0.870. The Morgan fingerprint density at radius 1 is 1.64 bits per heavy atom. The van der Waals surface area contributed by atoms with Gasteiger partial charge in [-0.05, 0) is 38.1 Å². The highest BCUT2D eigenvalue weighted by Crippen LogP contribution is 2.27. The Bertz CT molecular complexity index is 359. The van der Waals surface area contributed by atoms with Crippen LogP contribution < -0.4 is 0 Å². The summed E-state index contributed by atoms with van der Waals surface area (Å²) in [6.07, 6.45) is 2.14. The molecule has 0 amide bonds. The lowest BCUT2D eigenvalue weighted by Crippen LogP contribution is -2.16. The molecule has 0 bridgehead atoms. The highest BCUT2D eigenvalue weighted by molar-refractivity contribution is 7.14. The zero-order chi connectivity index (χ0) is 10.1. The normalized spacial score (nSPS) is 17.5. The van der Waals surface area contributed by atoms with Gasteiger partial charge in [0.25, 0.3) is 0 Å². The number of aryl methyl sites for hydroxylation is 1. The molecule has 0 atom stereocenters. The van der Waals surface area contributed by atoms with E-state index in [9.17, 15) is 4.79 Å². The van der Waals surface area contributed by atoms with E-state index in [0.717, 1.165) is 25.9 Å². The number of aromatic carboxylic acids is 1. The molecular formula is C10H13NO2S. The maximum absolute atomic E-state index is 10.8. The van der Waals surface area contributed by atoms with Crippen molar-refractivity contribution in [1.82, 2.24) is 4.90 Å². The first-order valence-electron chi connectivity index (χ1n) is 4.70. The van der Waals surface area contributed by atoms with Crippen LogP contribution in [0, 0.1) is 0 Å². The number of carboxylic acid groups (broad SMARTS) is 1. The molecule has 0 unspecified atom stereocenters. The lowest BCUT2D eigenvalue weighted by molar-refractivity contribution is 0.0702. The van der Waals surface area contributed by atoms with Gasteiger partial charge in [0.1, 0.15) is 4.88 Å². The fourth-order valence-electron chi connectivity index (χ4n) is 1.78. The Balaban J connectivity index is 2.31. The maximum Gasteiger partial charge on any atom is 0.345 e. The van der Waals surface area contributed by atoms with Crippen LogP contribution in [0.1, 0.15) is 26.5 Å². The van der Waals surface area contributed by atoms with E-state index in [4.69, 9.17) is 5.11 Å². The zero-order valence-electron chi connectivity index (χ0n) is 8.12. The molecular weight excluding hydrogens is 198 g/mol. The molecule has 76 valence electrons. The summed E-state index contributed by atoms with van der Waals surface area (Å²) in [5.74, 6) is -0.800. The quantitative estimate of drug-likeness (QED) is 0.770. The monoisotopic (exact) mass is 211 g/mol.